The lowest BCUT2D eigenvalue weighted by Gasteiger charge is -2.12. The van der Waals surface area contributed by atoms with E-state index in [1.807, 2.05) is 38.1 Å². The van der Waals surface area contributed by atoms with Crippen LogP contribution in [0.2, 0.25) is 0 Å². The summed E-state index contributed by atoms with van der Waals surface area (Å²) >= 11 is 0. The predicted octanol–water partition coefficient (Wildman–Crippen LogP) is 4.56. The Morgan fingerprint density at radius 3 is 2.33 bits per heavy atom. The number of aromatic nitrogens is 1. The number of aliphatic hydroxyl groups excluding tert-OH is 2. The highest BCUT2D eigenvalue weighted by molar-refractivity contribution is 6.00. The molecule has 1 aromatic heterocycles. The molecule has 8 heteroatoms. The van der Waals surface area contributed by atoms with Gasteiger partial charge in [-0.05, 0) is 17.5 Å². The van der Waals surface area contributed by atoms with Crippen molar-refractivity contribution in [3.63, 3.8) is 0 Å². The minimum atomic E-state index is -0.908. The second kappa shape index (κ2) is 14.8. The van der Waals surface area contributed by atoms with E-state index in [9.17, 15) is 14.7 Å². The summed E-state index contributed by atoms with van der Waals surface area (Å²) in [6.07, 6.45) is 1.14. The highest BCUT2D eigenvalue weighted by atomic mass is 16.5. The Morgan fingerprint density at radius 2 is 1.82 bits per heavy atom. The summed E-state index contributed by atoms with van der Waals surface area (Å²) in [6, 6.07) is 12.5. The van der Waals surface area contributed by atoms with Crippen molar-refractivity contribution in [3.8, 4) is 5.75 Å². The topological polar surface area (TPSA) is 122 Å². The number of fused-ring (bicyclic) bond motifs is 1. The number of amides is 1. The minimum Gasteiger partial charge on any atom is -0.490 e. The monoisotopic (exact) mass is 458 g/mol. The molecule has 8 nitrogen and oxygen atoms in total. The molecular formula is C25H34N2O6. The Hall–Kier alpha value is -3.23. The summed E-state index contributed by atoms with van der Waals surface area (Å²) in [5, 5.41) is 25.8. The van der Waals surface area contributed by atoms with Gasteiger partial charge in [0.05, 0.1) is 6.61 Å². The maximum Gasteiger partial charge on any atom is 0.222 e. The molecule has 0 bridgehead atoms. The third kappa shape index (κ3) is 9.43. The molecule has 2 aromatic carbocycles. The van der Waals surface area contributed by atoms with E-state index >= 15 is 0 Å². The first-order valence-corrected chi connectivity index (χ1v) is 10.9. The van der Waals surface area contributed by atoms with Gasteiger partial charge in [-0.1, -0.05) is 63.5 Å². The van der Waals surface area contributed by atoms with E-state index in [4.69, 9.17) is 14.4 Å². The number of hydrogen-bond acceptors (Lipinski definition) is 7. The number of rotatable bonds is 7. The van der Waals surface area contributed by atoms with Gasteiger partial charge in [-0.3, -0.25) is 9.59 Å². The quantitative estimate of drug-likeness (QED) is 0.444. The predicted molar refractivity (Wildman–Crippen MR) is 129 cm³/mol. The highest BCUT2D eigenvalue weighted by Gasteiger charge is 2.09. The van der Waals surface area contributed by atoms with Crippen LogP contribution in [0.25, 0.3) is 10.8 Å². The van der Waals surface area contributed by atoms with Crippen LogP contribution in [-0.4, -0.2) is 46.9 Å². The maximum absolute atomic E-state index is 10.9. The number of carbonyl (C=O) groups excluding carboxylic acids is 2. The maximum atomic E-state index is 10.9. The zero-order valence-corrected chi connectivity index (χ0v) is 19.9. The SMILES string of the molecule is CC(=O)Nc1cc(C(C)C)on1.CCC.O=Cc1ccc(OCC(O)CO)c2ccccc12. The van der Waals surface area contributed by atoms with Gasteiger partial charge in [0, 0.05) is 29.9 Å². The van der Waals surface area contributed by atoms with Gasteiger partial charge in [-0.2, -0.15) is 0 Å². The van der Waals surface area contributed by atoms with Crippen molar-refractivity contribution in [2.24, 2.45) is 0 Å². The van der Waals surface area contributed by atoms with Crippen molar-refractivity contribution in [1.29, 1.82) is 0 Å². The Balaban J connectivity index is 0.000000314. The zero-order chi connectivity index (χ0) is 24.8. The zero-order valence-electron chi connectivity index (χ0n) is 19.9. The lowest BCUT2D eigenvalue weighted by molar-refractivity contribution is -0.114. The van der Waals surface area contributed by atoms with Gasteiger partial charge in [-0.25, -0.2) is 0 Å². The molecule has 33 heavy (non-hydrogen) atoms. The summed E-state index contributed by atoms with van der Waals surface area (Å²) in [4.78, 5) is 21.5. The van der Waals surface area contributed by atoms with Gasteiger partial charge in [0.15, 0.2) is 12.1 Å². The van der Waals surface area contributed by atoms with Crippen LogP contribution in [0.15, 0.2) is 47.0 Å². The molecule has 0 aliphatic rings. The van der Waals surface area contributed by atoms with E-state index < -0.39 is 6.10 Å². The second-order valence-electron chi connectivity index (χ2n) is 7.62. The molecule has 1 heterocycles. The van der Waals surface area contributed by atoms with Crippen LogP contribution >= 0.6 is 0 Å². The highest BCUT2D eigenvalue weighted by Crippen LogP contribution is 2.27. The molecular weight excluding hydrogens is 424 g/mol. The Kier molecular flexibility index (Phi) is 12.4. The fourth-order valence-electron chi connectivity index (χ4n) is 2.56. The molecule has 0 saturated heterocycles. The molecule has 0 spiro atoms. The van der Waals surface area contributed by atoms with E-state index in [-0.39, 0.29) is 19.1 Å². The number of nitrogens with zero attached hydrogens (tertiary/aromatic N) is 1. The first-order valence-electron chi connectivity index (χ1n) is 10.9. The molecule has 3 N–H and O–H groups in total. The van der Waals surface area contributed by atoms with Crippen LogP contribution in [0, 0.1) is 0 Å². The lowest BCUT2D eigenvalue weighted by Crippen LogP contribution is -2.21. The van der Waals surface area contributed by atoms with Crippen LogP contribution in [-0.2, 0) is 4.79 Å². The number of carbonyl (C=O) groups is 2. The Bertz CT molecular complexity index is 999. The molecule has 1 amide bonds. The smallest absolute Gasteiger partial charge is 0.222 e. The number of benzene rings is 2. The molecule has 1 atom stereocenters. The molecule has 1 unspecified atom stereocenters. The summed E-state index contributed by atoms with van der Waals surface area (Å²) in [5.41, 5.74) is 0.598. The fourth-order valence-corrected chi connectivity index (χ4v) is 2.56. The van der Waals surface area contributed by atoms with Gasteiger partial charge < -0.3 is 24.8 Å². The van der Waals surface area contributed by atoms with Gasteiger partial charge in [0.1, 0.15) is 24.2 Å². The van der Waals surface area contributed by atoms with Gasteiger partial charge in [-0.15, -0.1) is 0 Å². The Labute approximate surface area is 194 Å². The lowest BCUT2D eigenvalue weighted by atomic mass is 10.0. The van der Waals surface area contributed by atoms with E-state index in [0.717, 1.165) is 22.8 Å². The van der Waals surface area contributed by atoms with Gasteiger partial charge in [0.2, 0.25) is 5.91 Å². The third-order valence-electron chi connectivity index (χ3n) is 4.09. The largest absolute Gasteiger partial charge is 0.490 e. The first-order chi connectivity index (χ1) is 15.8. The normalized spacial score (nSPS) is 11.0. The number of aldehydes is 1. The molecule has 3 aromatic rings. The van der Waals surface area contributed by atoms with Crippen molar-refractivity contribution in [2.45, 2.75) is 53.1 Å². The molecule has 0 aliphatic carbocycles. The van der Waals surface area contributed by atoms with Gasteiger partial charge in [0.25, 0.3) is 0 Å². The molecule has 0 radical (unpaired) electrons. The van der Waals surface area contributed by atoms with Gasteiger partial charge >= 0.3 is 0 Å². The van der Waals surface area contributed by atoms with Crippen LogP contribution in [0.1, 0.15) is 63.1 Å². The van der Waals surface area contributed by atoms with E-state index in [2.05, 4.69) is 24.3 Å². The van der Waals surface area contributed by atoms with Crippen LogP contribution in [0.4, 0.5) is 5.82 Å². The minimum absolute atomic E-state index is 0.0148. The summed E-state index contributed by atoms with van der Waals surface area (Å²) < 4.78 is 10.4. The third-order valence-corrected chi connectivity index (χ3v) is 4.09. The van der Waals surface area contributed by atoms with Crippen molar-refractivity contribution >= 4 is 28.8 Å². The molecule has 3 rings (SSSR count). The summed E-state index contributed by atoms with van der Waals surface area (Å²) in [6.45, 7) is 9.35. The summed E-state index contributed by atoms with van der Waals surface area (Å²) in [7, 11) is 0. The van der Waals surface area contributed by atoms with Crippen LogP contribution in [0.5, 0.6) is 5.75 Å². The number of hydrogen-bond donors (Lipinski definition) is 3. The first kappa shape index (κ1) is 27.8. The molecule has 180 valence electrons. The average molecular weight is 459 g/mol. The van der Waals surface area contributed by atoms with E-state index in [1.54, 1.807) is 18.2 Å². The molecule has 0 saturated carbocycles. The number of aliphatic hydroxyl groups is 2. The number of nitrogens with one attached hydrogen (secondary N) is 1. The van der Waals surface area contributed by atoms with Crippen molar-refractivity contribution in [1.82, 2.24) is 5.16 Å². The summed E-state index contributed by atoms with van der Waals surface area (Å²) in [5.74, 6) is 1.99. The van der Waals surface area contributed by atoms with Crippen molar-refractivity contribution < 1.29 is 29.1 Å². The average Bonchev–Trinajstić information content (AvgIpc) is 3.26. The van der Waals surface area contributed by atoms with E-state index in [0.29, 0.717) is 23.0 Å². The second-order valence-corrected chi connectivity index (χ2v) is 7.62. The van der Waals surface area contributed by atoms with E-state index in [1.165, 1.54) is 13.3 Å². The standard InChI is InChI=1S/C14H14O4.C8H12N2O2.C3H8/c15-7-10-5-6-14(18-9-11(17)8-16)13-4-2-1-3-12(10)13;1-5(2)7-4-8(10-12-7)9-6(3)11;1-3-2/h1-7,11,16-17H,8-9H2;4-5H,1-3H3,(H,9,10,11);3H2,1-2H3. The van der Waals surface area contributed by atoms with Crippen molar-refractivity contribution in [3.05, 3.63) is 53.8 Å². The molecule has 0 aliphatic heterocycles. The number of ether oxygens (including phenoxy) is 1. The van der Waals surface area contributed by atoms with Crippen molar-refractivity contribution in [2.75, 3.05) is 18.5 Å². The Morgan fingerprint density at radius 1 is 1.18 bits per heavy atom. The van der Waals surface area contributed by atoms with Crippen LogP contribution in [0.3, 0.4) is 0 Å². The fraction of sp³-hybridized carbons (Fsp3) is 0.400. The van der Waals surface area contributed by atoms with Crippen LogP contribution < -0.4 is 10.1 Å². The number of anilines is 1. The molecule has 0 fully saturated rings.